The lowest BCUT2D eigenvalue weighted by atomic mass is 10.2. The zero-order valence-electron chi connectivity index (χ0n) is 16.1. The number of carbonyl (C=O) groups excluding carboxylic acids is 2. The van der Waals surface area contributed by atoms with E-state index in [0.29, 0.717) is 23.7 Å². The molecule has 1 amide bonds. The lowest BCUT2D eigenvalue weighted by molar-refractivity contribution is -0.124. The fraction of sp³-hybridized carbons (Fsp3) is 0.238. The molecule has 1 N–H and O–H groups in total. The van der Waals surface area contributed by atoms with Crippen molar-refractivity contribution in [3.63, 3.8) is 0 Å². The van der Waals surface area contributed by atoms with Gasteiger partial charge in [-0.05, 0) is 49.7 Å². The normalized spacial score (nSPS) is 11.5. The number of nitrogens with one attached hydrogen (secondary N) is 1. The molecular formula is C21H21N3O4S. The summed E-state index contributed by atoms with van der Waals surface area (Å²) in [5.74, 6) is -0.215. The zero-order valence-corrected chi connectivity index (χ0v) is 16.9. The number of ether oxygens (including phenoxy) is 2. The van der Waals surface area contributed by atoms with Gasteiger partial charge in [0.05, 0.1) is 17.9 Å². The van der Waals surface area contributed by atoms with Crippen LogP contribution < -0.4 is 10.1 Å². The second-order valence-electron chi connectivity index (χ2n) is 6.03. The first-order valence-corrected chi connectivity index (χ1v) is 10.1. The molecular weight excluding hydrogens is 390 g/mol. The van der Waals surface area contributed by atoms with Crippen LogP contribution in [0.15, 0.2) is 54.2 Å². The highest BCUT2D eigenvalue weighted by Crippen LogP contribution is 2.26. The molecule has 0 radical (unpaired) electrons. The van der Waals surface area contributed by atoms with E-state index in [-0.39, 0.29) is 0 Å². The van der Waals surface area contributed by atoms with E-state index in [4.69, 9.17) is 9.47 Å². The molecule has 1 unspecified atom stereocenters. The van der Waals surface area contributed by atoms with Gasteiger partial charge in [-0.3, -0.25) is 15.1 Å². The van der Waals surface area contributed by atoms with Gasteiger partial charge in [0.25, 0.3) is 5.91 Å². The predicted octanol–water partition coefficient (Wildman–Crippen LogP) is 4.18. The molecule has 29 heavy (non-hydrogen) atoms. The summed E-state index contributed by atoms with van der Waals surface area (Å²) in [7, 11) is 0. The third-order valence-electron chi connectivity index (χ3n) is 4.01. The van der Waals surface area contributed by atoms with E-state index < -0.39 is 18.0 Å². The molecule has 0 bridgehead atoms. The van der Waals surface area contributed by atoms with Crippen LogP contribution in [0.25, 0.3) is 11.3 Å². The summed E-state index contributed by atoms with van der Waals surface area (Å²) in [5, 5.41) is 5.02. The number of amides is 1. The number of pyridine rings is 1. The topological polar surface area (TPSA) is 90.4 Å². The summed E-state index contributed by atoms with van der Waals surface area (Å²) in [6.07, 6.45) is 2.39. The standard InChI is InChI=1S/C21H21N3O4S/c1-3-18(28-20(26)15-6-5-11-22-12-15)19(25)24-21-23-17(13-29-21)14-7-9-16(10-8-14)27-4-2/h5-13,18H,3-4H2,1-2H3,(H,23,24,25). The van der Waals surface area contributed by atoms with E-state index in [1.165, 1.54) is 17.5 Å². The van der Waals surface area contributed by atoms with Gasteiger partial charge in [-0.15, -0.1) is 11.3 Å². The minimum absolute atomic E-state index is 0.297. The minimum Gasteiger partial charge on any atom is -0.494 e. The van der Waals surface area contributed by atoms with Crippen molar-refractivity contribution in [1.82, 2.24) is 9.97 Å². The number of nitrogens with zero attached hydrogens (tertiary/aromatic N) is 2. The van der Waals surface area contributed by atoms with Crippen LogP contribution >= 0.6 is 11.3 Å². The Balaban J connectivity index is 1.63. The fourth-order valence-electron chi connectivity index (χ4n) is 2.54. The van der Waals surface area contributed by atoms with Gasteiger partial charge >= 0.3 is 5.97 Å². The van der Waals surface area contributed by atoms with Crippen LogP contribution in [0, 0.1) is 0 Å². The van der Waals surface area contributed by atoms with Gasteiger partial charge in [-0.2, -0.15) is 0 Å². The first-order chi connectivity index (χ1) is 14.1. The maximum Gasteiger partial charge on any atom is 0.340 e. The number of thiazole rings is 1. The quantitative estimate of drug-likeness (QED) is 0.559. The first-order valence-electron chi connectivity index (χ1n) is 9.21. The van der Waals surface area contributed by atoms with Gasteiger partial charge in [0.15, 0.2) is 11.2 Å². The summed E-state index contributed by atoms with van der Waals surface area (Å²) in [5.41, 5.74) is 1.96. The molecule has 150 valence electrons. The molecule has 2 aromatic heterocycles. The monoisotopic (exact) mass is 411 g/mol. The Bertz CT molecular complexity index is 958. The van der Waals surface area contributed by atoms with Gasteiger partial charge in [-0.25, -0.2) is 9.78 Å². The highest BCUT2D eigenvalue weighted by atomic mass is 32.1. The predicted molar refractivity (Wildman–Crippen MR) is 111 cm³/mol. The van der Waals surface area contributed by atoms with Crippen LogP contribution in [-0.2, 0) is 9.53 Å². The second-order valence-corrected chi connectivity index (χ2v) is 6.89. The van der Waals surface area contributed by atoms with Crippen LogP contribution in [0.5, 0.6) is 5.75 Å². The Morgan fingerprint density at radius 2 is 1.97 bits per heavy atom. The molecule has 1 atom stereocenters. The van der Waals surface area contributed by atoms with E-state index in [1.807, 2.05) is 36.6 Å². The van der Waals surface area contributed by atoms with Crippen molar-refractivity contribution in [3.05, 3.63) is 59.7 Å². The number of hydrogen-bond donors (Lipinski definition) is 1. The van der Waals surface area contributed by atoms with Crippen molar-refractivity contribution in [2.24, 2.45) is 0 Å². The number of aromatic nitrogens is 2. The summed E-state index contributed by atoms with van der Waals surface area (Å²) >= 11 is 1.31. The minimum atomic E-state index is -0.916. The average Bonchev–Trinajstić information content (AvgIpc) is 3.21. The summed E-state index contributed by atoms with van der Waals surface area (Å²) in [6, 6.07) is 10.8. The summed E-state index contributed by atoms with van der Waals surface area (Å²) in [4.78, 5) is 33.0. The first kappa shape index (κ1) is 20.5. The van der Waals surface area contributed by atoms with Crippen molar-refractivity contribution >= 4 is 28.3 Å². The van der Waals surface area contributed by atoms with Gasteiger partial charge in [0.1, 0.15) is 5.75 Å². The van der Waals surface area contributed by atoms with Crippen LogP contribution in [0.1, 0.15) is 30.6 Å². The Kier molecular flexibility index (Phi) is 6.91. The van der Waals surface area contributed by atoms with Crippen molar-refractivity contribution in [3.8, 4) is 17.0 Å². The van der Waals surface area contributed by atoms with Crippen molar-refractivity contribution in [2.75, 3.05) is 11.9 Å². The molecule has 0 saturated heterocycles. The smallest absolute Gasteiger partial charge is 0.340 e. The zero-order chi connectivity index (χ0) is 20.6. The lowest BCUT2D eigenvalue weighted by Gasteiger charge is -2.14. The SMILES string of the molecule is CCOc1ccc(-c2csc(NC(=O)C(CC)OC(=O)c3cccnc3)n2)cc1. The number of carbonyl (C=O) groups is 2. The van der Waals surface area contributed by atoms with Crippen molar-refractivity contribution in [2.45, 2.75) is 26.4 Å². The van der Waals surface area contributed by atoms with Crippen LogP contribution in [0.2, 0.25) is 0 Å². The van der Waals surface area contributed by atoms with E-state index in [2.05, 4.69) is 15.3 Å². The molecule has 1 aromatic carbocycles. The highest BCUT2D eigenvalue weighted by Gasteiger charge is 2.23. The molecule has 0 aliphatic heterocycles. The van der Waals surface area contributed by atoms with Gasteiger partial charge < -0.3 is 9.47 Å². The van der Waals surface area contributed by atoms with E-state index in [9.17, 15) is 9.59 Å². The second kappa shape index (κ2) is 9.79. The molecule has 3 aromatic rings. The summed E-state index contributed by atoms with van der Waals surface area (Å²) in [6.45, 7) is 4.31. The third-order valence-corrected chi connectivity index (χ3v) is 4.76. The maximum atomic E-state index is 12.5. The van der Waals surface area contributed by atoms with Crippen molar-refractivity contribution < 1.29 is 19.1 Å². The number of rotatable bonds is 8. The van der Waals surface area contributed by atoms with E-state index in [0.717, 1.165) is 17.0 Å². The average molecular weight is 411 g/mol. The van der Waals surface area contributed by atoms with Crippen LogP contribution in [0.4, 0.5) is 5.13 Å². The molecule has 2 heterocycles. The number of anilines is 1. The maximum absolute atomic E-state index is 12.5. The lowest BCUT2D eigenvalue weighted by Crippen LogP contribution is -2.32. The molecule has 0 saturated carbocycles. The fourth-order valence-corrected chi connectivity index (χ4v) is 3.26. The van der Waals surface area contributed by atoms with Gasteiger partial charge in [0.2, 0.25) is 0 Å². The molecule has 0 spiro atoms. The third kappa shape index (κ3) is 5.39. The van der Waals surface area contributed by atoms with Gasteiger partial charge in [-0.1, -0.05) is 6.92 Å². The van der Waals surface area contributed by atoms with Gasteiger partial charge in [0, 0.05) is 23.3 Å². The number of hydrogen-bond acceptors (Lipinski definition) is 7. The summed E-state index contributed by atoms with van der Waals surface area (Å²) < 4.78 is 10.8. The number of esters is 1. The Morgan fingerprint density at radius 1 is 1.17 bits per heavy atom. The Labute approximate surface area is 172 Å². The molecule has 3 rings (SSSR count). The molecule has 8 heteroatoms. The molecule has 0 fully saturated rings. The molecule has 0 aliphatic rings. The largest absolute Gasteiger partial charge is 0.494 e. The molecule has 0 aliphatic carbocycles. The van der Waals surface area contributed by atoms with Crippen molar-refractivity contribution in [1.29, 1.82) is 0 Å². The van der Waals surface area contributed by atoms with E-state index in [1.54, 1.807) is 25.3 Å². The Morgan fingerprint density at radius 3 is 2.62 bits per heavy atom. The van der Waals surface area contributed by atoms with E-state index >= 15 is 0 Å². The number of benzene rings is 1. The Hall–Kier alpha value is -3.26. The van der Waals surface area contributed by atoms with Crippen LogP contribution in [0.3, 0.4) is 0 Å². The van der Waals surface area contributed by atoms with Crippen LogP contribution in [-0.4, -0.2) is 34.6 Å². The highest BCUT2D eigenvalue weighted by molar-refractivity contribution is 7.14. The molecule has 7 nitrogen and oxygen atoms in total.